The highest BCUT2D eigenvalue weighted by atomic mass is 35.5. The second-order valence-corrected chi connectivity index (χ2v) is 4.58. The Morgan fingerprint density at radius 1 is 1.55 bits per heavy atom. The maximum absolute atomic E-state index is 11.0. The van der Waals surface area contributed by atoms with E-state index in [1.807, 2.05) is 0 Å². The van der Waals surface area contributed by atoms with Crippen molar-refractivity contribution < 1.29 is 4.21 Å². The van der Waals surface area contributed by atoms with E-state index in [-0.39, 0.29) is 4.49 Å². The predicted octanol–water partition coefficient (Wildman–Crippen LogP) is 1.40. The molecule has 0 spiro atoms. The van der Waals surface area contributed by atoms with Crippen molar-refractivity contribution in [3.63, 3.8) is 0 Å². The van der Waals surface area contributed by atoms with Crippen molar-refractivity contribution in [2.24, 2.45) is 5.73 Å². The Labute approximate surface area is 79.2 Å². The minimum atomic E-state index is -0.866. The molecule has 66 valence electrons. The third-order valence-corrected chi connectivity index (χ3v) is 2.59. The molecule has 2 N–H and O–H groups in total. The molecule has 5 heteroatoms. The molecule has 0 saturated heterocycles. The molecule has 0 amide bonds. The lowest BCUT2D eigenvalue weighted by atomic mass is 10.5. The molecule has 0 bridgehead atoms. The second-order valence-electron chi connectivity index (χ2n) is 1.95. The molecule has 0 saturated carbocycles. The fourth-order valence-electron chi connectivity index (χ4n) is 0.484. The van der Waals surface area contributed by atoms with Crippen molar-refractivity contribution in [3.8, 4) is 0 Å². The molecule has 1 atom stereocenters. The summed E-state index contributed by atoms with van der Waals surface area (Å²) >= 11 is 10.6. The molecule has 0 aliphatic carbocycles. The molecule has 0 rings (SSSR count). The van der Waals surface area contributed by atoms with E-state index < -0.39 is 10.8 Å². The zero-order chi connectivity index (χ0) is 8.69. The fraction of sp³-hybridized carbons (Fsp3) is 0.667. The van der Waals surface area contributed by atoms with Gasteiger partial charge in [0.05, 0.1) is 0 Å². The molecule has 0 aliphatic heterocycles. The van der Waals surface area contributed by atoms with Crippen LogP contribution < -0.4 is 5.73 Å². The first-order valence-corrected chi connectivity index (χ1v) is 5.47. The quantitative estimate of drug-likeness (QED) is 0.754. The van der Waals surface area contributed by atoms with Crippen molar-refractivity contribution in [1.29, 1.82) is 0 Å². The maximum Gasteiger partial charge on any atom is 0.103 e. The van der Waals surface area contributed by atoms with Gasteiger partial charge in [-0.1, -0.05) is 23.2 Å². The van der Waals surface area contributed by atoms with Crippen molar-refractivity contribution in [3.05, 3.63) is 10.6 Å². The molecule has 0 aromatic rings. The van der Waals surface area contributed by atoms with Gasteiger partial charge in [0.15, 0.2) is 0 Å². The van der Waals surface area contributed by atoms with E-state index in [1.165, 1.54) is 6.08 Å². The number of hydrogen-bond donors (Lipinski definition) is 1. The molecule has 2 nitrogen and oxygen atoms in total. The average Bonchev–Trinajstić information content (AvgIpc) is 1.97. The number of halogens is 2. The van der Waals surface area contributed by atoms with Crippen LogP contribution in [0, 0.1) is 0 Å². The van der Waals surface area contributed by atoms with Crippen molar-refractivity contribution in [2.75, 3.05) is 18.1 Å². The molecule has 0 heterocycles. The van der Waals surface area contributed by atoms with Crippen LogP contribution in [0.1, 0.15) is 6.42 Å². The lowest BCUT2D eigenvalue weighted by Crippen LogP contribution is -2.07. The van der Waals surface area contributed by atoms with E-state index >= 15 is 0 Å². The van der Waals surface area contributed by atoms with Gasteiger partial charge in [-0.2, -0.15) is 0 Å². The standard InChI is InChI=1S/C6H11Cl2NOS/c7-6(8)2-5-11(10)4-1-3-9/h2H,1,3-5,9H2. The van der Waals surface area contributed by atoms with Crippen molar-refractivity contribution in [1.82, 2.24) is 0 Å². The van der Waals surface area contributed by atoms with E-state index in [0.29, 0.717) is 18.1 Å². The monoisotopic (exact) mass is 215 g/mol. The highest BCUT2D eigenvalue weighted by molar-refractivity contribution is 7.85. The topological polar surface area (TPSA) is 43.1 Å². The zero-order valence-corrected chi connectivity index (χ0v) is 8.38. The van der Waals surface area contributed by atoms with Gasteiger partial charge in [0, 0.05) is 22.3 Å². The Bertz CT molecular complexity index is 157. The number of rotatable bonds is 5. The largest absolute Gasteiger partial charge is 0.330 e. The molecule has 11 heavy (non-hydrogen) atoms. The van der Waals surface area contributed by atoms with Gasteiger partial charge >= 0.3 is 0 Å². The number of hydrogen-bond acceptors (Lipinski definition) is 2. The van der Waals surface area contributed by atoms with Gasteiger partial charge in [0.25, 0.3) is 0 Å². The van der Waals surface area contributed by atoms with E-state index in [9.17, 15) is 4.21 Å². The van der Waals surface area contributed by atoms with Crippen LogP contribution in [0.5, 0.6) is 0 Å². The van der Waals surface area contributed by atoms with Crippen LogP contribution in [0.2, 0.25) is 0 Å². The van der Waals surface area contributed by atoms with E-state index in [4.69, 9.17) is 28.9 Å². The van der Waals surface area contributed by atoms with Crippen LogP contribution in [0.25, 0.3) is 0 Å². The van der Waals surface area contributed by atoms with Gasteiger partial charge in [0.2, 0.25) is 0 Å². The minimum Gasteiger partial charge on any atom is -0.330 e. The molecule has 1 unspecified atom stereocenters. The molecule has 0 fully saturated rings. The summed E-state index contributed by atoms with van der Waals surface area (Å²) in [5.41, 5.74) is 5.23. The summed E-state index contributed by atoms with van der Waals surface area (Å²) < 4.78 is 11.2. The summed E-state index contributed by atoms with van der Waals surface area (Å²) in [6, 6.07) is 0. The Kier molecular flexibility index (Phi) is 7.38. The zero-order valence-electron chi connectivity index (χ0n) is 6.06. The molecular weight excluding hydrogens is 205 g/mol. The van der Waals surface area contributed by atoms with Gasteiger partial charge in [-0.05, 0) is 19.0 Å². The van der Waals surface area contributed by atoms with E-state index in [1.54, 1.807) is 0 Å². The SMILES string of the molecule is NCCCS(=O)CC=C(Cl)Cl. The summed E-state index contributed by atoms with van der Waals surface area (Å²) in [6.07, 6.45) is 2.32. The van der Waals surface area contributed by atoms with Crippen LogP contribution in [-0.2, 0) is 10.8 Å². The third kappa shape index (κ3) is 8.34. The molecular formula is C6H11Cl2NOS. The minimum absolute atomic E-state index is 0.172. The number of nitrogens with two attached hydrogens (primary N) is 1. The first kappa shape index (κ1) is 11.4. The van der Waals surface area contributed by atoms with Crippen LogP contribution >= 0.6 is 23.2 Å². The average molecular weight is 216 g/mol. The Morgan fingerprint density at radius 2 is 2.18 bits per heavy atom. The van der Waals surface area contributed by atoms with Crippen molar-refractivity contribution in [2.45, 2.75) is 6.42 Å². The second kappa shape index (κ2) is 7.10. The molecule has 0 radical (unpaired) electrons. The van der Waals surface area contributed by atoms with Crippen LogP contribution in [-0.4, -0.2) is 22.3 Å². The highest BCUT2D eigenvalue weighted by Crippen LogP contribution is 2.05. The molecule has 0 aliphatic rings. The Morgan fingerprint density at radius 3 is 2.64 bits per heavy atom. The maximum atomic E-state index is 11.0. The summed E-state index contributed by atoms with van der Waals surface area (Å²) in [7, 11) is -0.866. The fourth-order valence-corrected chi connectivity index (χ4v) is 1.83. The highest BCUT2D eigenvalue weighted by Gasteiger charge is 1.95. The first-order valence-electron chi connectivity index (χ1n) is 3.23. The summed E-state index contributed by atoms with van der Waals surface area (Å²) in [5.74, 6) is 1.04. The smallest absolute Gasteiger partial charge is 0.103 e. The molecule has 0 aromatic heterocycles. The lowest BCUT2D eigenvalue weighted by molar-refractivity contribution is 0.682. The van der Waals surface area contributed by atoms with Gasteiger partial charge in [-0.25, -0.2) is 0 Å². The van der Waals surface area contributed by atoms with Crippen molar-refractivity contribution >= 4 is 34.0 Å². The van der Waals surface area contributed by atoms with Crippen LogP contribution in [0.4, 0.5) is 0 Å². The van der Waals surface area contributed by atoms with E-state index in [2.05, 4.69) is 0 Å². The van der Waals surface area contributed by atoms with Gasteiger partial charge in [-0.15, -0.1) is 0 Å². The molecule has 0 aromatic carbocycles. The van der Waals surface area contributed by atoms with Crippen LogP contribution in [0.15, 0.2) is 10.6 Å². The van der Waals surface area contributed by atoms with E-state index in [0.717, 1.165) is 6.42 Å². The lowest BCUT2D eigenvalue weighted by Gasteiger charge is -1.95. The summed E-state index contributed by atoms with van der Waals surface area (Å²) in [6.45, 7) is 0.573. The third-order valence-electron chi connectivity index (χ3n) is 1.000. The summed E-state index contributed by atoms with van der Waals surface area (Å²) in [4.78, 5) is 0. The van der Waals surface area contributed by atoms with Gasteiger partial charge < -0.3 is 5.73 Å². The predicted molar refractivity (Wildman–Crippen MR) is 51.3 cm³/mol. The first-order chi connectivity index (χ1) is 5.16. The Hall–Kier alpha value is 0.430. The van der Waals surface area contributed by atoms with Gasteiger partial charge in [-0.3, -0.25) is 4.21 Å². The Balaban J connectivity index is 3.45. The normalized spacial score (nSPS) is 12.6. The summed E-state index contributed by atoms with van der Waals surface area (Å²) in [5, 5.41) is 0. The van der Waals surface area contributed by atoms with Crippen LogP contribution in [0.3, 0.4) is 0 Å². The van der Waals surface area contributed by atoms with Gasteiger partial charge in [0.1, 0.15) is 4.49 Å².